The van der Waals surface area contributed by atoms with Crippen LogP contribution in [-0.4, -0.2) is 4.57 Å². The highest BCUT2D eigenvalue weighted by molar-refractivity contribution is 6.32. The summed E-state index contributed by atoms with van der Waals surface area (Å²) in [6.07, 6.45) is 0. The molecule has 0 bridgehead atoms. The topological polar surface area (TPSA) is 4.93 Å². The fourth-order valence-electron chi connectivity index (χ4n) is 2.85. The van der Waals surface area contributed by atoms with Gasteiger partial charge in [-0.15, -0.1) is 0 Å². The van der Waals surface area contributed by atoms with E-state index in [0.717, 1.165) is 22.1 Å². The fraction of sp³-hybridized carbons (Fsp3) is 0. The van der Waals surface area contributed by atoms with Gasteiger partial charge in [-0.05, 0) is 42.5 Å². The molecule has 4 rings (SSSR count). The third-order valence-corrected chi connectivity index (χ3v) is 3.95. The third kappa shape index (κ3) is 1.83. The van der Waals surface area contributed by atoms with Crippen molar-refractivity contribution >= 4 is 33.4 Å². The standard InChI is InChI=1S/C18H11ClFN/c19-12-9-10-16-14(11-12)18-15(20)7-4-8-17(18)21(16)13-5-2-1-3-6-13/h1-11H. The summed E-state index contributed by atoms with van der Waals surface area (Å²) >= 11 is 6.09. The van der Waals surface area contributed by atoms with Gasteiger partial charge in [-0.1, -0.05) is 35.9 Å². The largest absolute Gasteiger partial charge is 0.309 e. The first-order chi connectivity index (χ1) is 10.3. The molecule has 0 aliphatic rings. The van der Waals surface area contributed by atoms with Gasteiger partial charge in [-0.2, -0.15) is 0 Å². The maximum Gasteiger partial charge on any atom is 0.133 e. The van der Waals surface area contributed by atoms with Crippen molar-refractivity contribution in [2.45, 2.75) is 0 Å². The molecule has 1 heterocycles. The fourth-order valence-corrected chi connectivity index (χ4v) is 3.03. The third-order valence-electron chi connectivity index (χ3n) is 3.72. The Kier molecular flexibility index (Phi) is 2.72. The van der Waals surface area contributed by atoms with Gasteiger partial charge in [-0.3, -0.25) is 0 Å². The molecule has 0 radical (unpaired) electrons. The summed E-state index contributed by atoms with van der Waals surface area (Å²) in [6.45, 7) is 0. The van der Waals surface area contributed by atoms with E-state index in [-0.39, 0.29) is 5.82 Å². The first-order valence-electron chi connectivity index (χ1n) is 6.69. The minimum Gasteiger partial charge on any atom is -0.309 e. The zero-order valence-corrected chi connectivity index (χ0v) is 11.8. The number of halogens is 2. The molecule has 21 heavy (non-hydrogen) atoms. The maximum absolute atomic E-state index is 14.3. The molecular formula is C18H11ClFN. The summed E-state index contributed by atoms with van der Waals surface area (Å²) in [7, 11) is 0. The van der Waals surface area contributed by atoms with Gasteiger partial charge >= 0.3 is 0 Å². The second kappa shape index (κ2) is 4.61. The Morgan fingerprint density at radius 2 is 1.62 bits per heavy atom. The molecule has 0 saturated carbocycles. The minimum absolute atomic E-state index is 0.227. The smallest absolute Gasteiger partial charge is 0.133 e. The Labute approximate surface area is 126 Å². The minimum atomic E-state index is -0.227. The van der Waals surface area contributed by atoms with Crippen LogP contribution in [0.2, 0.25) is 5.02 Å². The van der Waals surface area contributed by atoms with Crippen molar-refractivity contribution in [2.75, 3.05) is 0 Å². The van der Waals surface area contributed by atoms with E-state index >= 15 is 0 Å². The van der Waals surface area contributed by atoms with Gasteiger partial charge in [0.2, 0.25) is 0 Å². The first kappa shape index (κ1) is 12.4. The van der Waals surface area contributed by atoms with Crippen LogP contribution in [-0.2, 0) is 0 Å². The van der Waals surface area contributed by atoms with Crippen molar-refractivity contribution in [1.29, 1.82) is 0 Å². The Morgan fingerprint density at radius 3 is 2.43 bits per heavy atom. The van der Waals surface area contributed by atoms with Crippen molar-refractivity contribution in [3.05, 3.63) is 77.6 Å². The van der Waals surface area contributed by atoms with Crippen LogP contribution in [0.4, 0.5) is 4.39 Å². The summed E-state index contributed by atoms with van der Waals surface area (Å²) in [5.74, 6) is -0.227. The van der Waals surface area contributed by atoms with Gasteiger partial charge in [-0.25, -0.2) is 4.39 Å². The second-order valence-corrected chi connectivity index (χ2v) is 5.40. The molecule has 3 heteroatoms. The van der Waals surface area contributed by atoms with Crippen molar-refractivity contribution in [1.82, 2.24) is 4.57 Å². The molecule has 0 amide bonds. The molecule has 4 aromatic rings. The molecule has 0 aliphatic heterocycles. The van der Waals surface area contributed by atoms with Crippen LogP contribution in [0.3, 0.4) is 0 Å². The van der Waals surface area contributed by atoms with Gasteiger partial charge in [0.1, 0.15) is 5.82 Å². The molecule has 0 atom stereocenters. The normalized spacial score (nSPS) is 11.3. The molecule has 0 fully saturated rings. The first-order valence-corrected chi connectivity index (χ1v) is 7.07. The Balaban J connectivity index is 2.26. The highest BCUT2D eigenvalue weighted by Gasteiger charge is 2.15. The summed E-state index contributed by atoms with van der Waals surface area (Å²) in [4.78, 5) is 0. The van der Waals surface area contributed by atoms with E-state index < -0.39 is 0 Å². The number of benzene rings is 3. The summed E-state index contributed by atoms with van der Waals surface area (Å²) in [5, 5.41) is 2.05. The lowest BCUT2D eigenvalue weighted by atomic mass is 10.1. The number of hydrogen-bond acceptors (Lipinski definition) is 0. The number of nitrogens with zero attached hydrogens (tertiary/aromatic N) is 1. The summed E-state index contributed by atoms with van der Waals surface area (Å²) < 4.78 is 16.4. The highest BCUT2D eigenvalue weighted by Crippen LogP contribution is 2.34. The monoisotopic (exact) mass is 295 g/mol. The lowest BCUT2D eigenvalue weighted by molar-refractivity contribution is 0.640. The van der Waals surface area contributed by atoms with Crippen LogP contribution >= 0.6 is 11.6 Å². The molecule has 0 aliphatic carbocycles. The van der Waals surface area contributed by atoms with E-state index in [1.165, 1.54) is 6.07 Å². The van der Waals surface area contributed by atoms with E-state index in [1.54, 1.807) is 6.07 Å². The van der Waals surface area contributed by atoms with Crippen molar-refractivity contribution in [2.24, 2.45) is 0 Å². The molecule has 0 N–H and O–H groups in total. The summed E-state index contributed by atoms with van der Waals surface area (Å²) in [5.41, 5.74) is 2.80. The lowest BCUT2D eigenvalue weighted by Gasteiger charge is -2.07. The van der Waals surface area contributed by atoms with Gasteiger partial charge in [0.25, 0.3) is 0 Å². The number of aromatic nitrogens is 1. The zero-order valence-electron chi connectivity index (χ0n) is 11.1. The van der Waals surface area contributed by atoms with Crippen LogP contribution in [0.25, 0.3) is 27.5 Å². The molecule has 3 aromatic carbocycles. The van der Waals surface area contributed by atoms with Gasteiger partial charge < -0.3 is 4.57 Å². The molecule has 0 spiro atoms. The van der Waals surface area contributed by atoms with E-state index in [0.29, 0.717) is 10.4 Å². The van der Waals surface area contributed by atoms with Crippen LogP contribution in [0.15, 0.2) is 66.7 Å². The Hall–Kier alpha value is -2.32. The average molecular weight is 296 g/mol. The SMILES string of the molecule is Fc1cccc2c1c1cc(Cl)ccc1n2-c1ccccc1. The number of hydrogen-bond donors (Lipinski definition) is 0. The van der Waals surface area contributed by atoms with Crippen molar-refractivity contribution < 1.29 is 4.39 Å². The van der Waals surface area contributed by atoms with Crippen LogP contribution < -0.4 is 0 Å². The summed E-state index contributed by atoms with van der Waals surface area (Å²) in [6, 6.07) is 20.7. The van der Waals surface area contributed by atoms with Crippen LogP contribution in [0, 0.1) is 5.82 Å². The number of fused-ring (bicyclic) bond motifs is 3. The van der Waals surface area contributed by atoms with Crippen LogP contribution in [0.5, 0.6) is 0 Å². The van der Waals surface area contributed by atoms with Crippen molar-refractivity contribution in [3.63, 3.8) is 0 Å². The molecule has 1 nitrogen and oxygen atoms in total. The number of rotatable bonds is 1. The van der Waals surface area contributed by atoms with E-state index in [4.69, 9.17) is 11.6 Å². The molecular weight excluding hydrogens is 285 g/mol. The molecule has 0 saturated heterocycles. The van der Waals surface area contributed by atoms with Crippen molar-refractivity contribution in [3.8, 4) is 5.69 Å². The predicted molar refractivity (Wildman–Crippen MR) is 85.7 cm³/mol. The zero-order chi connectivity index (χ0) is 14.4. The van der Waals surface area contributed by atoms with E-state index in [9.17, 15) is 4.39 Å². The Bertz CT molecular complexity index is 957. The quantitative estimate of drug-likeness (QED) is 0.432. The average Bonchev–Trinajstić information content (AvgIpc) is 2.83. The van der Waals surface area contributed by atoms with E-state index in [1.807, 2.05) is 54.6 Å². The highest BCUT2D eigenvalue weighted by atomic mass is 35.5. The predicted octanol–water partition coefficient (Wildman–Crippen LogP) is 5.58. The van der Waals surface area contributed by atoms with Gasteiger partial charge in [0, 0.05) is 21.5 Å². The van der Waals surface area contributed by atoms with E-state index in [2.05, 4.69) is 4.57 Å². The Morgan fingerprint density at radius 1 is 0.810 bits per heavy atom. The number of para-hydroxylation sites is 1. The maximum atomic E-state index is 14.3. The second-order valence-electron chi connectivity index (χ2n) is 4.97. The molecule has 0 unspecified atom stereocenters. The molecule has 1 aromatic heterocycles. The lowest BCUT2D eigenvalue weighted by Crippen LogP contribution is -1.92. The molecule has 102 valence electrons. The van der Waals surface area contributed by atoms with Gasteiger partial charge in [0.05, 0.1) is 11.0 Å². The van der Waals surface area contributed by atoms with Crippen LogP contribution in [0.1, 0.15) is 0 Å². The van der Waals surface area contributed by atoms with Gasteiger partial charge in [0.15, 0.2) is 0 Å².